The van der Waals surface area contributed by atoms with Crippen molar-refractivity contribution in [3.8, 4) is 0 Å². The number of imidazole rings is 1. The second-order valence-corrected chi connectivity index (χ2v) is 6.87. The molecular formula is C17H20FN5OS. The molecule has 8 heteroatoms. The number of nitrogens with zero attached hydrogens (tertiary/aromatic N) is 4. The van der Waals surface area contributed by atoms with Crippen LogP contribution in [0.3, 0.4) is 0 Å². The zero-order valence-electron chi connectivity index (χ0n) is 14.1. The molecule has 1 unspecified atom stereocenters. The van der Waals surface area contributed by atoms with Gasteiger partial charge in [0.25, 0.3) is 0 Å². The van der Waals surface area contributed by atoms with Crippen LogP contribution >= 0.6 is 11.8 Å². The number of halogens is 1. The van der Waals surface area contributed by atoms with Crippen LogP contribution < -0.4 is 5.73 Å². The van der Waals surface area contributed by atoms with Crippen molar-refractivity contribution in [3.63, 3.8) is 0 Å². The average molecular weight is 361 g/mol. The third-order valence-corrected chi connectivity index (χ3v) is 4.91. The molecule has 0 saturated heterocycles. The molecule has 6 nitrogen and oxygen atoms in total. The Kier molecular flexibility index (Phi) is 5.50. The Morgan fingerprint density at radius 3 is 2.72 bits per heavy atom. The summed E-state index contributed by atoms with van der Waals surface area (Å²) < 4.78 is 21.4. The Morgan fingerprint density at radius 1 is 1.24 bits per heavy atom. The molecule has 3 rings (SSSR count). The second kappa shape index (κ2) is 7.79. The molecule has 132 valence electrons. The molecule has 0 radical (unpaired) electrons. The van der Waals surface area contributed by atoms with E-state index in [0.717, 1.165) is 4.90 Å². The van der Waals surface area contributed by atoms with E-state index in [4.69, 9.17) is 10.5 Å². The average Bonchev–Trinajstić information content (AvgIpc) is 3.01. The highest BCUT2D eigenvalue weighted by Gasteiger charge is 2.19. The molecule has 0 aliphatic heterocycles. The summed E-state index contributed by atoms with van der Waals surface area (Å²) in [7, 11) is 0. The SMILES string of the molecule is Cc1ccc(SCC(OCn2cnc3c(N)ncnc32)[C@H](C)F)cc1. The Morgan fingerprint density at radius 2 is 2.00 bits per heavy atom. The van der Waals surface area contributed by atoms with Crippen LogP contribution in [0, 0.1) is 6.92 Å². The van der Waals surface area contributed by atoms with Crippen molar-refractivity contribution in [3.05, 3.63) is 42.5 Å². The first kappa shape index (κ1) is 17.6. The fourth-order valence-electron chi connectivity index (χ4n) is 2.30. The van der Waals surface area contributed by atoms with E-state index in [0.29, 0.717) is 22.7 Å². The normalized spacial score (nSPS) is 13.9. The van der Waals surface area contributed by atoms with Gasteiger partial charge in [0.1, 0.15) is 30.9 Å². The smallest absolute Gasteiger partial charge is 0.167 e. The van der Waals surface area contributed by atoms with Gasteiger partial charge in [-0.05, 0) is 26.0 Å². The summed E-state index contributed by atoms with van der Waals surface area (Å²) >= 11 is 1.57. The standard InChI is InChI=1S/C17H20FN5OS/c1-11-3-5-13(6-4-11)25-7-14(12(2)18)24-10-23-9-22-15-16(19)20-8-21-17(15)23/h3-6,8-9,12,14H,7,10H2,1-2H3,(H2,19,20,21)/t12-,14?/m0/s1. The summed E-state index contributed by atoms with van der Waals surface area (Å²) in [5.74, 6) is 0.832. The van der Waals surface area contributed by atoms with Gasteiger partial charge in [0.05, 0.1) is 6.33 Å². The molecule has 25 heavy (non-hydrogen) atoms. The highest BCUT2D eigenvalue weighted by atomic mass is 32.2. The minimum atomic E-state index is -1.09. The number of benzene rings is 1. The molecule has 3 aromatic rings. The quantitative estimate of drug-likeness (QED) is 0.651. The van der Waals surface area contributed by atoms with Gasteiger partial charge in [0.2, 0.25) is 0 Å². The van der Waals surface area contributed by atoms with Crippen molar-refractivity contribution in [1.29, 1.82) is 0 Å². The second-order valence-electron chi connectivity index (χ2n) is 5.78. The lowest BCUT2D eigenvalue weighted by Crippen LogP contribution is -2.27. The molecule has 0 bridgehead atoms. The number of thioether (sulfide) groups is 1. The molecule has 2 atom stereocenters. The van der Waals surface area contributed by atoms with Gasteiger partial charge in [-0.2, -0.15) is 0 Å². The summed E-state index contributed by atoms with van der Waals surface area (Å²) in [5.41, 5.74) is 8.06. The number of aryl methyl sites for hydroxylation is 1. The van der Waals surface area contributed by atoms with Crippen LogP contribution in [0.4, 0.5) is 10.2 Å². The van der Waals surface area contributed by atoms with Crippen LogP contribution in [-0.4, -0.2) is 37.5 Å². The summed E-state index contributed by atoms with van der Waals surface area (Å²) in [6.45, 7) is 3.70. The van der Waals surface area contributed by atoms with Crippen molar-refractivity contribution in [1.82, 2.24) is 19.5 Å². The summed E-state index contributed by atoms with van der Waals surface area (Å²) in [6, 6.07) is 8.14. The predicted molar refractivity (Wildman–Crippen MR) is 97.1 cm³/mol. The maximum Gasteiger partial charge on any atom is 0.167 e. The van der Waals surface area contributed by atoms with Crippen molar-refractivity contribution in [2.45, 2.75) is 37.7 Å². The number of anilines is 1. The first-order valence-electron chi connectivity index (χ1n) is 7.91. The van der Waals surface area contributed by atoms with Crippen LogP contribution in [-0.2, 0) is 11.5 Å². The molecule has 0 amide bonds. The third-order valence-electron chi connectivity index (χ3n) is 3.80. The molecule has 0 aliphatic carbocycles. The first-order chi connectivity index (χ1) is 12.0. The fraction of sp³-hybridized carbons (Fsp3) is 0.353. The topological polar surface area (TPSA) is 78.9 Å². The maximum absolute atomic E-state index is 13.9. The fourth-order valence-corrected chi connectivity index (χ4v) is 3.34. The van der Waals surface area contributed by atoms with E-state index in [1.54, 1.807) is 22.7 Å². The molecule has 0 aliphatic rings. The Balaban J connectivity index is 1.63. The van der Waals surface area contributed by atoms with Crippen molar-refractivity contribution in [2.24, 2.45) is 0 Å². The van der Waals surface area contributed by atoms with E-state index in [9.17, 15) is 4.39 Å². The molecule has 0 saturated carbocycles. The number of nitrogen functional groups attached to an aromatic ring is 1. The lowest BCUT2D eigenvalue weighted by molar-refractivity contribution is -0.0172. The summed E-state index contributed by atoms with van der Waals surface area (Å²) in [6.07, 6.45) is 1.32. The van der Waals surface area contributed by atoms with Crippen molar-refractivity contribution >= 4 is 28.7 Å². The third kappa shape index (κ3) is 4.26. The van der Waals surface area contributed by atoms with E-state index in [1.165, 1.54) is 18.8 Å². The van der Waals surface area contributed by atoms with Gasteiger partial charge in [0, 0.05) is 10.6 Å². The van der Waals surface area contributed by atoms with E-state index in [2.05, 4.69) is 15.0 Å². The van der Waals surface area contributed by atoms with E-state index >= 15 is 0 Å². The number of alkyl halides is 1. The number of nitrogens with two attached hydrogens (primary N) is 1. The van der Waals surface area contributed by atoms with E-state index < -0.39 is 12.3 Å². The molecule has 2 aromatic heterocycles. The monoisotopic (exact) mass is 361 g/mol. The zero-order chi connectivity index (χ0) is 17.8. The summed E-state index contributed by atoms with van der Waals surface area (Å²) in [4.78, 5) is 13.3. The first-order valence-corrected chi connectivity index (χ1v) is 8.89. The lowest BCUT2D eigenvalue weighted by atomic mass is 10.2. The van der Waals surface area contributed by atoms with Crippen LogP contribution in [0.25, 0.3) is 11.2 Å². The Hall–Kier alpha value is -2.19. The zero-order valence-corrected chi connectivity index (χ0v) is 14.9. The van der Waals surface area contributed by atoms with E-state index in [-0.39, 0.29) is 6.73 Å². The van der Waals surface area contributed by atoms with Crippen LogP contribution in [0.1, 0.15) is 12.5 Å². The van der Waals surface area contributed by atoms with Gasteiger partial charge < -0.3 is 10.5 Å². The lowest BCUT2D eigenvalue weighted by Gasteiger charge is -2.19. The number of aromatic nitrogens is 4. The molecule has 0 spiro atoms. The molecule has 1 aromatic carbocycles. The minimum Gasteiger partial charge on any atom is -0.382 e. The highest BCUT2D eigenvalue weighted by molar-refractivity contribution is 7.99. The number of ether oxygens (including phenoxy) is 1. The van der Waals surface area contributed by atoms with Gasteiger partial charge in [-0.1, -0.05) is 17.7 Å². The van der Waals surface area contributed by atoms with Gasteiger partial charge in [0.15, 0.2) is 11.5 Å². The van der Waals surface area contributed by atoms with Gasteiger partial charge in [-0.3, -0.25) is 4.57 Å². The van der Waals surface area contributed by atoms with Crippen LogP contribution in [0.5, 0.6) is 0 Å². The van der Waals surface area contributed by atoms with Crippen LogP contribution in [0.2, 0.25) is 0 Å². The predicted octanol–water partition coefficient (Wildman–Crippen LogP) is 3.21. The largest absolute Gasteiger partial charge is 0.382 e. The van der Waals surface area contributed by atoms with Gasteiger partial charge >= 0.3 is 0 Å². The number of hydrogen-bond acceptors (Lipinski definition) is 6. The maximum atomic E-state index is 13.9. The van der Waals surface area contributed by atoms with Crippen molar-refractivity contribution < 1.29 is 9.13 Å². The van der Waals surface area contributed by atoms with Crippen LogP contribution in [0.15, 0.2) is 41.8 Å². The van der Waals surface area contributed by atoms with Gasteiger partial charge in [-0.25, -0.2) is 19.3 Å². The Labute approximate surface area is 149 Å². The minimum absolute atomic E-state index is 0.153. The molecular weight excluding hydrogens is 341 g/mol. The molecule has 2 N–H and O–H groups in total. The molecule has 2 heterocycles. The highest BCUT2D eigenvalue weighted by Crippen LogP contribution is 2.22. The number of fused-ring (bicyclic) bond motifs is 1. The van der Waals surface area contributed by atoms with E-state index in [1.807, 2.05) is 31.2 Å². The summed E-state index contributed by atoms with van der Waals surface area (Å²) in [5, 5.41) is 0. The molecule has 0 fully saturated rings. The number of hydrogen-bond donors (Lipinski definition) is 1. The Bertz CT molecular complexity index is 837. The van der Waals surface area contributed by atoms with Gasteiger partial charge in [-0.15, -0.1) is 11.8 Å². The van der Waals surface area contributed by atoms with Crippen molar-refractivity contribution in [2.75, 3.05) is 11.5 Å². The number of rotatable bonds is 7.